The monoisotopic (exact) mass is 560 g/mol. The van der Waals surface area contributed by atoms with Gasteiger partial charge in [-0.05, 0) is 93.7 Å². The molecule has 2 nitrogen and oxygen atoms in total. The maximum atomic E-state index is 2.40. The van der Waals surface area contributed by atoms with Gasteiger partial charge >= 0.3 is 0 Å². The molecule has 0 unspecified atom stereocenters. The summed E-state index contributed by atoms with van der Waals surface area (Å²) in [5, 5.41) is 6.31. The number of hydrogen-bond acceptors (Lipinski definition) is 0. The average Bonchev–Trinajstić information content (AvgIpc) is 3.68. The third-order valence-corrected chi connectivity index (χ3v) is 8.91. The van der Waals surface area contributed by atoms with Crippen molar-refractivity contribution in [3.8, 4) is 33.6 Å². The van der Waals surface area contributed by atoms with Crippen LogP contribution in [0.25, 0.3) is 77.1 Å². The van der Waals surface area contributed by atoms with Gasteiger partial charge in [0.2, 0.25) is 0 Å². The molecule has 2 heteroatoms. The maximum absolute atomic E-state index is 2.40. The average molecular weight is 561 g/mol. The lowest BCUT2D eigenvalue weighted by molar-refractivity contribution is 1.13. The van der Waals surface area contributed by atoms with Crippen LogP contribution in [0.2, 0.25) is 0 Å². The number of para-hydroxylation sites is 2. The highest BCUT2D eigenvalue weighted by Gasteiger charge is 2.16. The predicted octanol–water partition coefficient (Wildman–Crippen LogP) is 11.2. The first-order valence-electron chi connectivity index (χ1n) is 15.1. The second kappa shape index (κ2) is 9.86. The first-order valence-corrected chi connectivity index (χ1v) is 15.1. The van der Waals surface area contributed by atoms with E-state index in [1.807, 2.05) is 0 Å². The van der Waals surface area contributed by atoms with Gasteiger partial charge in [-0.15, -0.1) is 0 Å². The Morgan fingerprint density at radius 1 is 0.318 bits per heavy atom. The van der Waals surface area contributed by atoms with Gasteiger partial charge in [0, 0.05) is 33.7 Å². The Labute approximate surface area is 255 Å². The number of fused-ring (bicyclic) bond motifs is 6. The quantitative estimate of drug-likeness (QED) is 0.203. The molecule has 0 bridgehead atoms. The molecule has 2 aromatic heterocycles. The minimum absolute atomic E-state index is 1.15. The number of aromatic nitrogens is 2. The first-order chi connectivity index (χ1) is 21.8. The van der Waals surface area contributed by atoms with Crippen molar-refractivity contribution < 1.29 is 0 Å². The fourth-order valence-corrected chi connectivity index (χ4v) is 6.84. The van der Waals surface area contributed by atoms with Crippen LogP contribution in [0.15, 0.2) is 170 Å². The van der Waals surface area contributed by atoms with Crippen LogP contribution in [0, 0.1) is 0 Å². The van der Waals surface area contributed by atoms with E-state index in [1.54, 1.807) is 0 Å². The van der Waals surface area contributed by atoms with Crippen molar-refractivity contribution >= 4 is 43.5 Å². The van der Waals surface area contributed by atoms with Gasteiger partial charge in [0.05, 0.1) is 16.6 Å². The Kier molecular flexibility index (Phi) is 5.54. The lowest BCUT2D eigenvalue weighted by atomic mass is 9.98. The lowest BCUT2D eigenvalue weighted by Crippen LogP contribution is -1.95. The molecule has 0 fully saturated rings. The molecule has 206 valence electrons. The minimum atomic E-state index is 1.15. The van der Waals surface area contributed by atoms with E-state index in [0.29, 0.717) is 0 Å². The topological polar surface area (TPSA) is 9.86 Å². The van der Waals surface area contributed by atoms with Crippen molar-refractivity contribution in [1.29, 1.82) is 0 Å². The zero-order valence-corrected chi connectivity index (χ0v) is 24.1. The molecule has 0 N–H and O–H groups in total. The summed E-state index contributed by atoms with van der Waals surface area (Å²) in [6, 6.07) is 59.2. The molecule has 2 heterocycles. The summed E-state index contributed by atoms with van der Waals surface area (Å²) < 4.78 is 4.73. The zero-order valence-electron chi connectivity index (χ0n) is 24.1. The van der Waals surface area contributed by atoms with E-state index >= 15 is 0 Å². The molecule has 9 aromatic rings. The largest absolute Gasteiger partial charge is 0.316 e. The summed E-state index contributed by atoms with van der Waals surface area (Å²) >= 11 is 0. The van der Waals surface area contributed by atoms with E-state index in [0.717, 1.165) is 5.69 Å². The molecule has 44 heavy (non-hydrogen) atoms. The highest BCUT2D eigenvalue weighted by atomic mass is 15.0. The summed E-state index contributed by atoms with van der Waals surface area (Å²) in [5.74, 6) is 0. The van der Waals surface area contributed by atoms with Crippen LogP contribution in [0.4, 0.5) is 0 Å². The predicted molar refractivity (Wildman–Crippen MR) is 186 cm³/mol. The molecule has 0 amide bonds. The highest BCUT2D eigenvalue weighted by Crippen LogP contribution is 2.38. The third kappa shape index (κ3) is 3.89. The summed E-state index contributed by atoms with van der Waals surface area (Å²) in [6.07, 6.45) is 2.22. The standard InChI is InChI=1S/C42H28N2/c1-4-12-29(13-5-1)32-24-33(30-14-6-2-7-15-30)26-35(25-32)43-23-22-37-38-28-39-36-18-10-11-19-41(36)44(34-16-8-3-9-17-34)42(39)27-31(38)20-21-40(37)43/h1-28H. The number of rotatable bonds is 4. The molecule has 7 aromatic carbocycles. The SMILES string of the molecule is c1ccc(-c2cc(-c3ccccc3)cc(-n3ccc4c5cc6c7ccccc7n(-c7ccccc7)c6cc5ccc43)c2)cc1. The van der Waals surface area contributed by atoms with Crippen molar-refractivity contribution in [2.24, 2.45) is 0 Å². The van der Waals surface area contributed by atoms with Crippen LogP contribution in [-0.2, 0) is 0 Å². The van der Waals surface area contributed by atoms with Gasteiger partial charge in [0.15, 0.2) is 0 Å². The van der Waals surface area contributed by atoms with E-state index in [1.165, 1.54) is 71.4 Å². The Morgan fingerprint density at radius 3 is 1.64 bits per heavy atom. The van der Waals surface area contributed by atoms with Crippen molar-refractivity contribution in [2.75, 3.05) is 0 Å². The number of benzene rings is 7. The molecule has 0 spiro atoms. The van der Waals surface area contributed by atoms with Gasteiger partial charge in [-0.1, -0.05) is 103 Å². The summed E-state index contributed by atoms with van der Waals surface area (Å²) in [6.45, 7) is 0. The van der Waals surface area contributed by atoms with Gasteiger partial charge in [0.25, 0.3) is 0 Å². The van der Waals surface area contributed by atoms with Crippen molar-refractivity contribution in [1.82, 2.24) is 9.13 Å². The molecule has 0 saturated heterocycles. The van der Waals surface area contributed by atoms with Crippen LogP contribution in [0.3, 0.4) is 0 Å². The smallest absolute Gasteiger partial charge is 0.0547 e. The van der Waals surface area contributed by atoms with Gasteiger partial charge < -0.3 is 9.13 Å². The molecule has 0 aliphatic heterocycles. The summed E-state index contributed by atoms with van der Waals surface area (Å²) in [7, 11) is 0. The second-order valence-electron chi connectivity index (χ2n) is 11.5. The van der Waals surface area contributed by atoms with Gasteiger partial charge in [-0.2, -0.15) is 0 Å². The van der Waals surface area contributed by atoms with Crippen LogP contribution in [0.5, 0.6) is 0 Å². The Morgan fingerprint density at radius 2 is 0.932 bits per heavy atom. The highest BCUT2D eigenvalue weighted by molar-refractivity contribution is 6.18. The van der Waals surface area contributed by atoms with Gasteiger partial charge in [-0.25, -0.2) is 0 Å². The van der Waals surface area contributed by atoms with Crippen LogP contribution in [0.1, 0.15) is 0 Å². The maximum Gasteiger partial charge on any atom is 0.0547 e. The van der Waals surface area contributed by atoms with Crippen LogP contribution in [-0.4, -0.2) is 9.13 Å². The summed E-state index contributed by atoms with van der Waals surface area (Å²) in [4.78, 5) is 0. The van der Waals surface area contributed by atoms with E-state index in [9.17, 15) is 0 Å². The summed E-state index contributed by atoms with van der Waals surface area (Å²) in [5.41, 5.74) is 10.8. The Hall–Kier alpha value is -5.86. The molecule has 0 atom stereocenters. The fraction of sp³-hybridized carbons (Fsp3) is 0. The van der Waals surface area contributed by atoms with Crippen LogP contribution < -0.4 is 0 Å². The van der Waals surface area contributed by atoms with Crippen LogP contribution >= 0.6 is 0 Å². The van der Waals surface area contributed by atoms with Gasteiger partial charge in [0.1, 0.15) is 0 Å². The molecular weight excluding hydrogens is 532 g/mol. The molecule has 0 saturated carbocycles. The molecule has 0 radical (unpaired) electrons. The Bertz CT molecular complexity index is 2410. The van der Waals surface area contributed by atoms with E-state index in [2.05, 4.69) is 179 Å². The lowest BCUT2D eigenvalue weighted by Gasteiger charge is -2.13. The second-order valence-corrected chi connectivity index (χ2v) is 11.5. The Balaban J connectivity index is 1.28. The zero-order chi connectivity index (χ0) is 29.0. The van der Waals surface area contributed by atoms with Gasteiger partial charge in [-0.3, -0.25) is 0 Å². The van der Waals surface area contributed by atoms with E-state index in [-0.39, 0.29) is 0 Å². The van der Waals surface area contributed by atoms with E-state index < -0.39 is 0 Å². The van der Waals surface area contributed by atoms with E-state index in [4.69, 9.17) is 0 Å². The molecular formula is C42H28N2. The molecule has 9 rings (SSSR count). The molecule has 0 aliphatic rings. The number of nitrogens with zero attached hydrogens (tertiary/aromatic N) is 2. The normalized spacial score (nSPS) is 11.6. The van der Waals surface area contributed by atoms with Crippen molar-refractivity contribution in [3.05, 3.63) is 170 Å². The third-order valence-electron chi connectivity index (χ3n) is 8.91. The first kappa shape index (κ1) is 24.7. The minimum Gasteiger partial charge on any atom is -0.316 e. The number of hydrogen-bond donors (Lipinski definition) is 0. The molecule has 0 aliphatic carbocycles. The van der Waals surface area contributed by atoms with Crippen molar-refractivity contribution in [3.63, 3.8) is 0 Å². The fourth-order valence-electron chi connectivity index (χ4n) is 6.84. The van der Waals surface area contributed by atoms with Crippen molar-refractivity contribution in [2.45, 2.75) is 0 Å².